The summed E-state index contributed by atoms with van der Waals surface area (Å²) in [5.74, 6) is 0. The van der Waals surface area contributed by atoms with Crippen LogP contribution >= 0.6 is 0 Å². The summed E-state index contributed by atoms with van der Waals surface area (Å²) >= 11 is 0. The Labute approximate surface area is 97.1 Å². The van der Waals surface area contributed by atoms with Crippen LogP contribution in [0.1, 0.15) is 47.5 Å². The van der Waals surface area contributed by atoms with Crippen LogP contribution in [-0.2, 0) is 0 Å². The van der Waals surface area contributed by atoms with E-state index in [9.17, 15) is 0 Å². The second-order valence-corrected chi connectivity index (χ2v) is 3.37. The van der Waals surface area contributed by atoms with E-state index in [1.165, 1.54) is 12.0 Å². The molecule has 0 aliphatic carbocycles. The molecule has 0 heterocycles. The second kappa shape index (κ2) is 18.7. The summed E-state index contributed by atoms with van der Waals surface area (Å²) in [7, 11) is 0. The summed E-state index contributed by atoms with van der Waals surface area (Å²) in [4.78, 5) is 0. The van der Waals surface area contributed by atoms with Gasteiger partial charge in [-0.2, -0.15) is 0 Å². The van der Waals surface area contributed by atoms with Gasteiger partial charge in [-0.15, -0.1) is 6.58 Å². The van der Waals surface area contributed by atoms with E-state index in [1.807, 2.05) is 19.9 Å². The molecule has 88 valence electrons. The predicted molar refractivity (Wildman–Crippen MR) is 75.2 cm³/mol. The van der Waals surface area contributed by atoms with Gasteiger partial charge in [-0.1, -0.05) is 69.7 Å². The predicted octanol–water partition coefficient (Wildman–Crippen LogP) is 5.69. The highest BCUT2D eigenvalue weighted by molar-refractivity contribution is 5.17. The van der Waals surface area contributed by atoms with E-state index in [0.717, 1.165) is 12.0 Å². The molecule has 0 saturated heterocycles. The average Bonchev–Trinajstić information content (AvgIpc) is 2.20. The van der Waals surface area contributed by atoms with Gasteiger partial charge in [0.1, 0.15) is 0 Å². The summed E-state index contributed by atoms with van der Waals surface area (Å²) in [6, 6.07) is 0. The van der Waals surface area contributed by atoms with E-state index in [0.29, 0.717) is 0 Å². The molecule has 0 nitrogen and oxygen atoms in total. The van der Waals surface area contributed by atoms with Crippen LogP contribution in [0, 0.1) is 0 Å². The summed E-state index contributed by atoms with van der Waals surface area (Å²) in [5.41, 5.74) is 2.40. The summed E-state index contributed by atoms with van der Waals surface area (Å²) in [6.07, 6.45) is 7.81. The first kappa shape index (κ1) is 19.5. The van der Waals surface area contributed by atoms with Crippen molar-refractivity contribution in [1.29, 1.82) is 0 Å². The monoisotopic (exact) mass is 208 g/mol. The molecule has 0 aromatic carbocycles. The lowest BCUT2D eigenvalue weighted by molar-refractivity contribution is 1.09. The third-order valence-corrected chi connectivity index (χ3v) is 1.31. The normalized spacial score (nSPS) is 8.73. The Morgan fingerprint density at radius 1 is 1.07 bits per heavy atom. The Kier molecular flexibility index (Phi) is 24.3. The minimum absolute atomic E-state index is 1.11. The quantitative estimate of drug-likeness (QED) is 0.412. The second-order valence-electron chi connectivity index (χ2n) is 3.37. The minimum Gasteiger partial charge on any atom is -0.100 e. The van der Waals surface area contributed by atoms with Gasteiger partial charge in [0.05, 0.1) is 0 Å². The Morgan fingerprint density at radius 3 is 1.47 bits per heavy atom. The molecule has 0 saturated carbocycles. The van der Waals surface area contributed by atoms with Gasteiger partial charge in [0.15, 0.2) is 0 Å². The molecule has 0 amide bonds. The van der Waals surface area contributed by atoms with Crippen molar-refractivity contribution in [1.82, 2.24) is 0 Å². The fraction of sp³-hybridized carbons (Fsp3) is 0.467. The summed E-state index contributed by atoms with van der Waals surface area (Å²) < 4.78 is 0. The SMILES string of the molecule is C=C(C)CC.C=C/C=C(/C)C=C.CCC. The van der Waals surface area contributed by atoms with E-state index in [2.05, 4.69) is 40.5 Å². The molecular weight excluding hydrogens is 180 g/mol. The van der Waals surface area contributed by atoms with Crippen molar-refractivity contribution in [2.45, 2.75) is 47.5 Å². The third kappa shape index (κ3) is 43.8. The van der Waals surface area contributed by atoms with Crippen LogP contribution in [0.25, 0.3) is 0 Å². The van der Waals surface area contributed by atoms with Crippen LogP contribution in [0.2, 0.25) is 0 Å². The molecule has 15 heavy (non-hydrogen) atoms. The van der Waals surface area contributed by atoms with E-state index < -0.39 is 0 Å². The smallest absolute Gasteiger partial charge is 0.0354 e. The van der Waals surface area contributed by atoms with Gasteiger partial charge >= 0.3 is 0 Å². The molecule has 0 aliphatic heterocycles. The Morgan fingerprint density at radius 2 is 1.40 bits per heavy atom. The molecule has 0 aromatic heterocycles. The molecule has 0 fully saturated rings. The van der Waals surface area contributed by atoms with E-state index in [4.69, 9.17) is 0 Å². The standard InChI is InChI=1S/C7H10.C5H10.C3H8/c1-4-6-7(3)5-2;1-4-5(2)3;1-3-2/h4-6H,1-2H2,3H3;2,4H2,1,3H3;3H2,1-2H3/b7-6-;;. The lowest BCUT2D eigenvalue weighted by atomic mass is 10.3. The first-order chi connectivity index (χ1) is 6.99. The molecule has 0 aromatic rings. The fourth-order valence-electron chi connectivity index (χ4n) is 0.254. The molecule has 0 radical (unpaired) electrons. The summed E-state index contributed by atoms with van der Waals surface area (Å²) in [5, 5.41) is 0. The van der Waals surface area contributed by atoms with E-state index in [1.54, 1.807) is 12.2 Å². The van der Waals surface area contributed by atoms with Crippen LogP contribution in [0.15, 0.2) is 49.1 Å². The molecule has 0 N–H and O–H groups in total. The largest absolute Gasteiger partial charge is 0.100 e. The van der Waals surface area contributed by atoms with Crippen molar-refractivity contribution in [3.63, 3.8) is 0 Å². The zero-order valence-electron chi connectivity index (χ0n) is 11.3. The zero-order chi connectivity index (χ0) is 12.7. The molecule has 0 aliphatic rings. The van der Waals surface area contributed by atoms with Crippen molar-refractivity contribution in [2.24, 2.45) is 0 Å². The number of rotatable bonds is 3. The van der Waals surface area contributed by atoms with Crippen LogP contribution in [-0.4, -0.2) is 0 Å². The average molecular weight is 208 g/mol. The van der Waals surface area contributed by atoms with Crippen molar-refractivity contribution in [3.05, 3.63) is 49.1 Å². The molecule has 0 heteroatoms. The molecule has 0 bridgehead atoms. The van der Waals surface area contributed by atoms with Crippen LogP contribution in [0.3, 0.4) is 0 Å². The van der Waals surface area contributed by atoms with Gasteiger partial charge in [-0.3, -0.25) is 0 Å². The highest BCUT2D eigenvalue weighted by Crippen LogP contribution is 1.90. The van der Waals surface area contributed by atoms with Gasteiger partial charge in [-0.25, -0.2) is 0 Å². The van der Waals surface area contributed by atoms with Crippen molar-refractivity contribution in [2.75, 3.05) is 0 Å². The first-order valence-corrected chi connectivity index (χ1v) is 5.56. The Balaban J connectivity index is -0.000000158. The maximum atomic E-state index is 3.67. The lowest BCUT2D eigenvalue weighted by Crippen LogP contribution is -1.58. The number of allylic oxidation sites excluding steroid dienone is 5. The first-order valence-electron chi connectivity index (χ1n) is 5.56. The van der Waals surface area contributed by atoms with Crippen molar-refractivity contribution in [3.8, 4) is 0 Å². The molecule has 0 rings (SSSR count). The van der Waals surface area contributed by atoms with Crippen molar-refractivity contribution >= 4 is 0 Å². The van der Waals surface area contributed by atoms with E-state index >= 15 is 0 Å². The van der Waals surface area contributed by atoms with Crippen LogP contribution in [0.5, 0.6) is 0 Å². The highest BCUT2D eigenvalue weighted by Gasteiger charge is 1.69. The number of hydrogen-bond donors (Lipinski definition) is 0. The Hall–Kier alpha value is -1.04. The highest BCUT2D eigenvalue weighted by atomic mass is 13.8. The fourth-order valence-corrected chi connectivity index (χ4v) is 0.254. The topological polar surface area (TPSA) is 0 Å². The van der Waals surface area contributed by atoms with Gasteiger partial charge < -0.3 is 0 Å². The molecular formula is C15H28. The molecule has 0 spiro atoms. The van der Waals surface area contributed by atoms with Crippen molar-refractivity contribution < 1.29 is 0 Å². The zero-order valence-corrected chi connectivity index (χ0v) is 11.3. The third-order valence-electron chi connectivity index (χ3n) is 1.31. The summed E-state index contributed by atoms with van der Waals surface area (Å²) in [6.45, 7) is 21.1. The van der Waals surface area contributed by atoms with Crippen LogP contribution < -0.4 is 0 Å². The van der Waals surface area contributed by atoms with Gasteiger partial charge in [0.2, 0.25) is 0 Å². The minimum atomic E-state index is 1.11. The van der Waals surface area contributed by atoms with E-state index in [-0.39, 0.29) is 0 Å². The van der Waals surface area contributed by atoms with Gasteiger partial charge in [0, 0.05) is 0 Å². The van der Waals surface area contributed by atoms with Crippen LogP contribution in [0.4, 0.5) is 0 Å². The number of hydrogen-bond acceptors (Lipinski definition) is 0. The Bertz CT molecular complexity index is 182. The lowest BCUT2D eigenvalue weighted by Gasteiger charge is -1.80. The molecule has 0 atom stereocenters. The molecule has 0 unspecified atom stereocenters. The maximum Gasteiger partial charge on any atom is -0.0354 e. The van der Waals surface area contributed by atoms with Gasteiger partial charge in [0.25, 0.3) is 0 Å². The van der Waals surface area contributed by atoms with Gasteiger partial charge in [-0.05, 0) is 20.3 Å². The maximum absolute atomic E-state index is 3.67.